The number of carbonyl (C=O) groups is 1. The van der Waals surface area contributed by atoms with Gasteiger partial charge in [0, 0.05) is 26.5 Å². The minimum absolute atomic E-state index is 0.0787. The number of alkyl halides is 1. The Labute approximate surface area is 137 Å². The molecular weight excluding hydrogens is 477 g/mol. The van der Waals surface area contributed by atoms with Crippen LogP contribution in [-0.4, -0.2) is 41.9 Å². The van der Waals surface area contributed by atoms with Crippen LogP contribution in [0.2, 0.25) is 0 Å². The van der Waals surface area contributed by atoms with Gasteiger partial charge in [0.15, 0.2) is 0 Å². The van der Waals surface area contributed by atoms with Gasteiger partial charge in [-0.3, -0.25) is 4.79 Å². The third-order valence-electron chi connectivity index (χ3n) is 2.76. The van der Waals surface area contributed by atoms with Gasteiger partial charge in [0.05, 0.1) is 18.3 Å². The van der Waals surface area contributed by atoms with Crippen molar-refractivity contribution in [1.29, 1.82) is 0 Å². The minimum Gasteiger partial charge on any atom is -0.374 e. The number of morpholine rings is 1. The lowest BCUT2D eigenvalue weighted by Gasteiger charge is -2.32. The van der Waals surface area contributed by atoms with Crippen molar-refractivity contribution in [2.75, 3.05) is 25.0 Å². The minimum atomic E-state index is 0.0787. The molecule has 1 aliphatic heterocycles. The van der Waals surface area contributed by atoms with Gasteiger partial charge in [-0.2, -0.15) is 0 Å². The molecule has 0 N–H and O–H groups in total. The fourth-order valence-electron chi connectivity index (χ4n) is 1.83. The first-order valence-corrected chi connectivity index (χ1v) is 8.53. The van der Waals surface area contributed by atoms with Gasteiger partial charge in [-0.1, -0.05) is 31.9 Å². The molecule has 1 aromatic rings. The molecule has 3 nitrogen and oxygen atoms in total. The first-order chi connectivity index (χ1) is 8.61. The van der Waals surface area contributed by atoms with Crippen molar-refractivity contribution in [1.82, 2.24) is 4.90 Å². The highest BCUT2D eigenvalue weighted by molar-refractivity contribution is 14.1. The fraction of sp³-hybridized carbons (Fsp3) is 0.417. The monoisotopic (exact) mass is 487 g/mol. The maximum Gasteiger partial charge on any atom is 0.255 e. The summed E-state index contributed by atoms with van der Waals surface area (Å²) < 4.78 is 7.45. The van der Waals surface area contributed by atoms with Crippen molar-refractivity contribution in [3.8, 4) is 0 Å². The van der Waals surface area contributed by atoms with Gasteiger partial charge in [-0.05, 0) is 40.8 Å². The van der Waals surface area contributed by atoms with Gasteiger partial charge in [-0.15, -0.1) is 0 Å². The van der Waals surface area contributed by atoms with Gasteiger partial charge in [0.1, 0.15) is 0 Å². The molecule has 98 valence electrons. The molecule has 1 aliphatic rings. The van der Waals surface area contributed by atoms with Crippen LogP contribution >= 0.6 is 54.5 Å². The topological polar surface area (TPSA) is 29.5 Å². The van der Waals surface area contributed by atoms with Crippen LogP contribution in [0.25, 0.3) is 0 Å². The van der Waals surface area contributed by atoms with E-state index in [0.29, 0.717) is 19.7 Å². The molecule has 0 spiro atoms. The molecule has 0 aromatic heterocycles. The molecule has 1 fully saturated rings. The fourth-order valence-corrected chi connectivity index (χ4v) is 3.15. The molecule has 1 aromatic carbocycles. The van der Waals surface area contributed by atoms with Crippen molar-refractivity contribution < 1.29 is 9.53 Å². The lowest BCUT2D eigenvalue weighted by Crippen LogP contribution is -2.46. The summed E-state index contributed by atoms with van der Waals surface area (Å²) in [4.78, 5) is 14.3. The summed E-state index contributed by atoms with van der Waals surface area (Å²) in [5, 5.41) is 0.756. The summed E-state index contributed by atoms with van der Waals surface area (Å²) in [7, 11) is 0. The number of nitrogens with zero attached hydrogens (tertiary/aromatic N) is 1. The van der Waals surface area contributed by atoms with Gasteiger partial charge < -0.3 is 9.64 Å². The van der Waals surface area contributed by atoms with Gasteiger partial charge in [-0.25, -0.2) is 0 Å². The molecule has 2 rings (SSSR count). The Balaban J connectivity index is 2.17. The van der Waals surface area contributed by atoms with Crippen LogP contribution in [0, 0.1) is 3.57 Å². The van der Waals surface area contributed by atoms with Crippen molar-refractivity contribution in [3.63, 3.8) is 0 Å². The van der Waals surface area contributed by atoms with E-state index >= 15 is 0 Å². The Hall–Kier alpha value is 0.340. The van der Waals surface area contributed by atoms with E-state index in [0.717, 1.165) is 18.9 Å². The molecule has 1 unspecified atom stereocenters. The smallest absolute Gasteiger partial charge is 0.255 e. The second kappa shape index (κ2) is 6.67. The third-order valence-corrected chi connectivity index (χ3v) is 4.91. The molecular formula is C12H12Br2INO2. The normalized spacial score (nSPS) is 19.9. The Morgan fingerprint density at radius 1 is 1.56 bits per heavy atom. The maximum absolute atomic E-state index is 12.5. The van der Waals surface area contributed by atoms with Crippen molar-refractivity contribution in [2.24, 2.45) is 0 Å². The zero-order valence-corrected chi connectivity index (χ0v) is 14.9. The summed E-state index contributed by atoms with van der Waals surface area (Å²) in [5.74, 6) is 0.0787. The van der Waals surface area contributed by atoms with Crippen molar-refractivity contribution in [2.45, 2.75) is 6.10 Å². The van der Waals surface area contributed by atoms with Crippen LogP contribution < -0.4 is 0 Å². The zero-order chi connectivity index (χ0) is 13.1. The number of benzene rings is 1. The average Bonchev–Trinajstić information content (AvgIpc) is 2.41. The number of rotatable bonds is 2. The van der Waals surface area contributed by atoms with Crippen LogP contribution in [0.3, 0.4) is 0 Å². The predicted molar refractivity (Wildman–Crippen MR) is 86.3 cm³/mol. The summed E-state index contributed by atoms with van der Waals surface area (Å²) in [6.45, 7) is 1.91. The molecule has 18 heavy (non-hydrogen) atoms. The van der Waals surface area contributed by atoms with E-state index in [1.165, 1.54) is 0 Å². The molecule has 1 amide bonds. The molecule has 0 bridgehead atoms. The van der Waals surface area contributed by atoms with Crippen molar-refractivity contribution in [3.05, 3.63) is 31.8 Å². The van der Waals surface area contributed by atoms with E-state index in [4.69, 9.17) is 4.74 Å². The first kappa shape index (κ1) is 14.7. The molecule has 0 aliphatic carbocycles. The highest BCUT2D eigenvalue weighted by Gasteiger charge is 2.25. The van der Waals surface area contributed by atoms with Crippen LogP contribution in [0.15, 0.2) is 22.7 Å². The standard InChI is InChI=1S/C12H12Br2INO2/c13-6-9-7-16(3-4-18-9)12(17)10-5-8(14)1-2-11(10)15/h1-2,5,9H,3-4,6-7H2. The Kier molecular flexibility index (Phi) is 5.47. The summed E-state index contributed by atoms with van der Waals surface area (Å²) in [6, 6.07) is 5.77. The van der Waals surface area contributed by atoms with E-state index in [1.807, 2.05) is 23.1 Å². The second-order valence-electron chi connectivity index (χ2n) is 4.02. The Bertz CT molecular complexity index is 456. The summed E-state index contributed by atoms with van der Waals surface area (Å²) in [6.07, 6.45) is 0.0903. The highest BCUT2D eigenvalue weighted by Crippen LogP contribution is 2.21. The van der Waals surface area contributed by atoms with Gasteiger partial charge in [0.25, 0.3) is 5.91 Å². The zero-order valence-electron chi connectivity index (χ0n) is 9.54. The van der Waals surface area contributed by atoms with E-state index in [1.54, 1.807) is 0 Å². The van der Waals surface area contributed by atoms with Crippen molar-refractivity contribution >= 4 is 60.4 Å². The van der Waals surface area contributed by atoms with E-state index in [9.17, 15) is 4.79 Å². The highest BCUT2D eigenvalue weighted by atomic mass is 127. The second-order valence-corrected chi connectivity index (χ2v) is 6.75. The molecule has 1 heterocycles. The molecule has 1 saturated heterocycles. The summed E-state index contributed by atoms with van der Waals surface area (Å²) in [5.41, 5.74) is 0.750. The van der Waals surface area contributed by atoms with E-state index in [2.05, 4.69) is 54.5 Å². The molecule has 0 radical (unpaired) electrons. The number of hydrogen-bond donors (Lipinski definition) is 0. The van der Waals surface area contributed by atoms with Gasteiger partial charge in [0.2, 0.25) is 0 Å². The molecule has 1 atom stereocenters. The SMILES string of the molecule is O=C(c1cc(Br)ccc1I)N1CCOC(CBr)C1. The number of carbonyl (C=O) groups excluding carboxylic acids is 1. The lowest BCUT2D eigenvalue weighted by atomic mass is 10.2. The average molecular weight is 489 g/mol. The number of halogens is 3. The number of ether oxygens (including phenoxy) is 1. The lowest BCUT2D eigenvalue weighted by molar-refractivity contribution is -0.00969. The number of amides is 1. The quantitative estimate of drug-likeness (QED) is 0.472. The molecule has 0 saturated carbocycles. The largest absolute Gasteiger partial charge is 0.374 e. The summed E-state index contributed by atoms with van der Waals surface area (Å²) >= 11 is 9.00. The van der Waals surface area contributed by atoms with Crippen LogP contribution in [0.5, 0.6) is 0 Å². The van der Waals surface area contributed by atoms with Crippen LogP contribution in [0.1, 0.15) is 10.4 Å². The van der Waals surface area contributed by atoms with E-state index < -0.39 is 0 Å². The van der Waals surface area contributed by atoms with Crippen LogP contribution in [0.4, 0.5) is 0 Å². The Morgan fingerprint density at radius 3 is 3.06 bits per heavy atom. The van der Waals surface area contributed by atoms with Gasteiger partial charge >= 0.3 is 0 Å². The number of hydrogen-bond acceptors (Lipinski definition) is 2. The third kappa shape index (κ3) is 3.46. The predicted octanol–water partition coefficient (Wildman–Crippen LogP) is 3.29. The first-order valence-electron chi connectivity index (χ1n) is 5.53. The maximum atomic E-state index is 12.5. The Morgan fingerprint density at radius 2 is 2.33 bits per heavy atom. The van der Waals surface area contributed by atoms with Crippen LogP contribution in [-0.2, 0) is 4.74 Å². The molecule has 6 heteroatoms. The van der Waals surface area contributed by atoms with E-state index in [-0.39, 0.29) is 12.0 Å².